The van der Waals surface area contributed by atoms with Gasteiger partial charge in [0.2, 0.25) is 15.9 Å². The summed E-state index contributed by atoms with van der Waals surface area (Å²) in [5.74, 6) is 0.170. The third-order valence-corrected chi connectivity index (χ3v) is 4.74. The summed E-state index contributed by atoms with van der Waals surface area (Å²) < 4.78 is 32.4. The number of nitrogens with one attached hydrogen (secondary N) is 1. The Balaban J connectivity index is 1.76. The van der Waals surface area contributed by atoms with Crippen LogP contribution in [0.5, 0.6) is 0 Å². The molecule has 0 saturated carbocycles. The predicted molar refractivity (Wildman–Crippen MR) is 84.5 cm³/mol. The lowest BCUT2D eigenvalue weighted by molar-refractivity contribution is 0.101. The van der Waals surface area contributed by atoms with Crippen molar-refractivity contribution in [2.75, 3.05) is 0 Å². The van der Waals surface area contributed by atoms with Gasteiger partial charge in [-0.1, -0.05) is 24.3 Å². The van der Waals surface area contributed by atoms with Gasteiger partial charge in [0.15, 0.2) is 11.4 Å². The molecule has 118 valence electrons. The molecule has 0 aliphatic heterocycles. The van der Waals surface area contributed by atoms with Crippen LogP contribution < -0.4 is 4.72 Å². The number of rotatable bonds is 5. The summed E-state index contributed by atoms with van der Waals surface area (Å²) in [7, 11) is -3.70. The predicted octanol–water partition coefficient (Wildman–Crippen LogP) is 2.51. The molecule has 0 aliphatic carbocycles. The summed E-state index contributed by atoms with van der Waals surface area (Å²) >= 11 is 0. The lowest BCUT2D eigenvalue weighted by atomic mass is 10.2. The van der Waals surface area contributed by atoms with E-state index in [1.165, 1.54) is 31.2 Å². The van der Waals surface area contributed by atoms with Gasteiger partial charge < -0.3 is 4.42 Å². The van der Waals surface area contributed by atoms with E-state index < -0.39 is 10.0 Å². The number of carbonyl (C=O) groups is 1. The molecule has 7 heteroatoms. The first-order chi connectivity index (χ1) is 11.0. The SMILES string of the molecule is CC(=O)c1ccc(S(=O)(=O)NCc2nc3ccccc3o2)cc1. The highest BCUT2D eigenvalue weighted by molar-refractivity contribution is 7.89. The molecule has 2 aromatic carbocycles. The van der Waals surface area contributed by atoms with Crippen molar-refractivity contribution in [1.29, 1.82) is 0 Å². The zero-order valence-electron chi connectivity index (χ0n) is 12.3. The zero-order chi connectivity index (χ0) is 16.4. The molecular formula is C16H14N2O4S. The van der Waals surface area contributed by atoms with E-state index in [-0.39, 0.29) is 23.1 Å². The second kappa shape index (κ2) is 5.94. The summed E-state index contributed by atoms with van der Waals surface area (Å²) in [5, 5.41) is 0. The third kappa shape index (κ3) is 3.30. The molecule has 0 fully saturated rings. The second-order valence-electron chi connectivity index (χ2n) is 4.98. The van der Waals surface area contributed by atoms with E-state index in [9.17, 15) is 13.2 Å². The molecule has 3 aromatic rings. The Labute approximate surface area is 133 Å². The van der Waals surface area contributed by atoms with Crippen LogP contribution in [0.1, 0.15) is 23.2 Å². The van der Waals surface area contributed by atoms with Crippen LogP contribution in [0.15, 0.2) is 57.8 Å². The van der Waals surface area contributed by atoms with E-state index in [4.69, 9.17) is 4.42 Å². The fraction of sp³-hybridized carbons (Fsp3) is 0.125. The smallest absolute Gasteiger partial charge is 0.241 e. The summed E-state index contributed by atoms with van der Waals surface area (Å²) in [5.41, 5.74) is 1.74. The summed E-state index contributed by atoms with van der Waals surface area (Å²) in [6.45, 7) is 1.38. The monoisotopic (exact) mass is 330 g/mol. The van der Waals surface area contributed by atoms with Crippen molar-refractivity contribution in [3.63, 3.8) is 0 Å². The number of sulfonamides is 1. The van der Waals surface area contributed by atoms with Crippen LogP contribution in [-0.4, -0.2) is 19.2 Å². The maximum absolute atomic E-state index is 12.2. The highest BCUT2D eigenvalue weighted by Gasteiger charge is 2.16. The Morgan fingerprint density at radius 3 is 2.48 bits per heavy atom. The van der Waals surface area contributed by atoms with E-state index >= 15 is 0 Å². The van der Waals surface area contributed by atoms with Gasteiger partial charge in [-0.3, -0.25) is 4.79 Å². The summed E-state index contributed by atoms with van der Waals surface area (Å²) in [6, 6.07) is 13.0. The molecule has 0 bridgehead atoms. The van der Waals surface area contributed by atoms with Crippen molar-refractivity contribution in [3.8, 4) is 0 Å². The lowest BCUT2D eigenvalue weighted by Gasteiger charge is -2.05. The number of ketones is 1. The van der Waals surface area contributed by atoms with Crippen LogP contribution in [0, 0.1) is 0 Å². The van der Waals surface area contributed by atoms with E-state index in [2.05, 4.69) is 9.71 Å². The molecule has 3 rings (SSSR count). The quantitative estimate of drug-likeness (QED) is 0.726. The average Bonchev–Trinajstić information content (AvgIpc) is 2.96. The van der Waals surface area contributed by atoms with Gasteiger partial charge in [-0.2, -0.15) is 0 Å². The molecule has 0 amide bonds. The lowest BCUT2D eigenvalue weighted by Crippen LogP contribution is -2.23. The topological polar surface area (TPSA) is 89.3 Å². The molecule has 1 N–H and O–H groups in total. The van der Waals surface area contributed by atoms with Crippen molar-refractivity contribution in [2.24, 2.45) is 0 Å². The van der Waals surface area contributed by atoms with Gasteiger partial charge in [0.05, 0.1) is 11.4 Å². The van der Waals surface area contributed by atoms with Gasteiger partial charge >= 0.3 is 0 Å². The molecule has 0 saturated heterocycles. The van der Waals surface area contributed by atoms with Gasteiger partial charge in [0, 0.05) is 5.56 Å². The van der Waals surface area contributed by atoms with Gasteiger partial charge in [0.1, 0.15) is 5.52 Å². The minimum atomic E-state index is -3.70. The van der Waals surface area contributed by atoms with Crippen LogP contribution in [-0.2, 0) is 16.6 Å². The van der Waals surface area contributed by atoms with E-state index in [1.807, 2.05) is 12.1 Å². The number of aromatic nitrogens is 1. The van der Waals surface area contributed by atoms with Gasteiger partial charge in [-0.15, -0.1) is 0 Å². The van der Waals surface area contributed by atoms with Gasteiger partial charge in [-0.05, 0) is 31.2 Å². The summed E-state index contributed by atoms with van der Waals surface area (Å²) in [4.78, 5) is 15.5. The third-order valence-electron chi connectivity index (χ3n) is 3.32. The molecule has 1 aromatic heterocycles. The standard InChI is InChI=1S/C16H14N2O4S/c1-11(19)12-6-8-13(9-7-12)23(20,21)17-10-16-18-14-4-2-3-5-15(14)22-16/h2-9,17H,10H2,1H3. The Morgan fingerprint density at radius 1 is 1.13 bits per heavy atom. The maximum atomic E-state index is 12.2. The van der Waals surface area contributed by atoms with E-state index in [1.54, 1.807) is 12.1 Å². The van der Waals surface area contributed by atoms with Crippen molar-refractivity contribution in [1.82, 2.24) is 9.71 Å². The molecule has 0 aliphatic rings. The van der Waals surface area contributed by atoms with Crippen LogP contribution in [0.25, 0.3) is 11.1 Å². The highest BCUT2D eigenvalue weighted by atomic mass is 32.2. The molecule has 0 spiro atoms. The maximum Gasteiger partial charge on any atom is 0.241 e. The molecule has 6 nitrogen and oxygen atoms in total. The number of fused-ring (bicyclic) bond motifs is 1. The van der Waals surface area contributed by atoms with Crippen LogP contribution in [0.4, 0.5) is 0 Å². The van der Waals surface area contributed by atoms with E-state index in [0.717, 1.165) is 0 Å². The number of benzene rings is 2. The van der Waals surface area contributed by atoms with Crippen LogP contribution >= 0.6 is 0 Å². The number of Topliss-reactive ketones (excluding diaryl/α,β-unsaturated/α-hetero) is 1. The molecule has 23 heavy (non-hydrogen) atoms. The average molecular weight is 330 g/mol. The Morgan fingerprint density at radius 2 is 1.83 bits per heavy atom. The normalized spacial score (nSPS) is 11.7. The number of carbonyl (C=O) groups excluding carboxylic acids is 1. The van der Waals surface area contributed by atoms with Crippen molar-refractivity contribution < 1.29 is 17.6 Å². The van der Waals surface area contributed by atoms with Crippen LogP contribution in [0.3, 0.4) is 0 Å². The molecule has 1 heterocycles. The molecule has 0 atom stereocenters. The fourth-order valence-corrected chi connectivity index (χ4v) is 3.08. The van der Waals surface area contributed by atoms with Gasteiger partial charge in [0.25, 0.3) is 0 Å². The number of hydrogen-bond acceptors (Lipinski definition) is 5. The largest absolute Gasteiger partial charge is 0.439 e. The summed E-state index contributed by atoms with van der Waals surface area (Å²) in [6.07, 6.45) is 0. The number of hydrogen-bond donors (Lipinski definition) is 1. The van der Waals surface area contributed by atoms with Crippen molar-refractivity contribution in [2.45, 2.75) is 18.4 Å². The van der Waals surface area contributed by atoms with Gasteiger partial charge in [-0.25, -0.2) is 18.1 Å². The minimum Gasteiger partial charge on any atom is -0.439 e. The van der Waals surface area contributed by atoms with Crippen molar-refractivity contribution in [3.05, 3.63) is 60.0 Å². The second-order valence-corrected chi connectivity index (χ2v) is 6.75. The Bertz CT molecular complexity index is 926. The number of oxazole rings is 1. The first-order valence-electron chi connectivity index (χ1n) is 6.91. The molecular weight excluding hydrogens is 316 g/mol. The van der Waals surface area contributed by atoms with Crippen LogP contribution in [0.2, 0.25) is 0 Å². The van der Waals surface area contributed by atoms with E-state index in [0.29, 0.717) is 16.7 Å². The van der Waals surface area contributed by atoms with Crippen molar-refractivity contribution >= 4 is 26.9 Å². The number of nitrogens with zero attached hydrogens (tertiary/aromatic N) is 1. The zero-order valence-corrected chi connectivity index (χ0v) is 13.1. The molecule has 0 unspecified atom stereocenters. The Hall–Kier alpha value is -2.51. The molecule has 0 radical (unpaired) electrons. The minimum absolute atomic E-state index is 0.0501. The number of para-hydroxylation sites is 2. The first kappa shape index (κ1) is 15.4. The first-order valence-corrected chi connectivity index (χ1v) is 8.39. The Kier molecular flexibility index (Phi) is 3.97. The highest BCUT2D eigenvalue weighted by Crippen LogP contribution is 2.16. The fourth-order valence-electron chi connectivity index (χ4n) is 2.10.